The van der Waals surface area contributed by atoms with Gasteiger partial charge in [-0.15, -0.1) is 0 Å². The number of methoxy groups -OCH3 is 1. The minimum Gasteiger partial charge on any atom is -0.497 e. The summed E-state index contributed by atoms with van der Waals surface area (Å²) < 4.78 is 5.17. The lowest BCUT2D eigenvalue weighted by Gasteiger charge is -2.10. The SMILES string of the molecule is COc1ccc(-c2ccnc(C(=O)N=C3N=CC(=C4C=CN(O)C=C4)S3)c2)cc1. The number of hydrogen-bond acceptors (Lipinski definition) is 6. The lowest BCUT2D eigenvalue weighted by Crippen LogP contribution is -2.04. The molecule has 144 valence electrons. The van der Waals surface area contributed by atoms with Crippen LogP contribution in [0.3, 0.4) is 0 Å². The van der Waals surface area contributed by atoms with Gasteiger partial charge >= 0.3 is 0 Å². The van der Waals surface area contributed by atoms with E-state index in [-0.39, 0.29) is 5.69 Å². The van der Waals surface area contributed by atoms with Gasteiger partial charge in [-0.25, -0.2) is 10.1 Å². The first-order valence-electron chi connectivity index (χ1n) is 8.66. The van der Waals surface area contributed by atoms with Crippen molar-refractivity contribution in [3.63, 3.8) is 0 Å². The Labute approximate surface area is 171 Å². The zero-order valence-electron chi connectivity index (χ0n) is 15.4. The summed E-state index contributed by atoms with van der Waals surface area (Å²) in [5.74, 6) is 0.309. The molecule has 0 bridgehead atoms. The molecule has 2 aliphatic heterocycles. The highest BCUT2D eigenvalue weighted by atomic mass is 32.2. The van der Waals surface area contributed by atoms with Gasteiger partial charge in [-0.3, -0.25) is 15.0 Å². The average Bonchev–Trinajstić information content (AvgIpc) is 3.23. The predicted octanol–water partition coefficient (Wildman–Crippen LogP) is 4.06. The molecule has 0 spiro atoms. The number of aromatic nitrogens is 1. The zero-order chi connectivity index (χ0) is 20.2. The highest BCUT2D eigenvalue weighted by Gasteiger charge is 2.17. The van der Waals surface area contributed by atoms with Crippen LogP contribution >= 0.6 is 11.8 Å². The van der Waals surface area contributed by atoms with Crippen molar-refractivity contribution in [2.75, 3.05) is 7.11 Å². The molecule has 1 aromatic heterocycles. The Kier molecular flexibility index (Phi) is 5.37. The van der Waals surface area contributed by atoms with Crippen molar-refractivity contribution in [3.8, 4) is 16.9 Å². The molecule has 0 unspecified atom stereocenters. The zero-order valence-corrected chi connectivity index (χ0v) is 16.2. The summed E-state index contributed by atoms with van der Waals surface area (Å²) in [5.41, 5.74) is 2.93. The normalized spacial score (nSPS) is 16.8. The van der Waals surface area contributed by atoms with Gasteiger partial charge in [0.05, 0.1) is 7.11 Å². The number of hydroxylamine groups is 2. The van der Waals surface area contributed by atoms with Crippen LogP contribution in [-0.2, 0) is 0 Å². The summed E-state index contributed by atoms with van der Waals surface area (Å²) in [5, 5.41) is 10.6. The van der Waals surface area contributed by atoms with Crippen LogP contribution in [0.1, 0.15) is 10.5 Å². The number of benzene rings is 1. The Balaban J connectivity index is 1.52. The molecule has 2 aromatic rings. The number of carbonyl (C=O) groups excluding carboxylic acids is 1. The van der Waals surface area contributed by atoms with Crippen LogP contribution in [0.25, 0.3) is 11.1 Å². The van der Waals surface area contributed by atoms with Crippen LogP contribution < -0.4 is 4.74 Å². The molecule has 0 atom stereocenters. The number of allylic oxidation sites excluding steroid dienone is 4. The summed E-state index contributed by atoms with van der Waals surface area (Å²) in [6.07, 6.45) is 9.77. The second-order valence-corrected chi connectivity index (χ2v) is 7.06. The summed E-state index contributed by atoms with van der Waals surface area (Å²) >= 11 is 1.29. The van der Waals surface area contributed by atoms with Crippen molar-refractivity contribution >= 4 is 29.1 Å². The van der Waals surface area contributed by atoms with Crippen LogP contribution in [0.15, 0.2) is 87.6 Å². The lowest BCUT2D eigenvalue weighted by molar-refractivity contribution is 0.0105. The molecule has 0 saturated carbocycles. The number of amidine groups is 1. The molecule has 3 heterocycles. The molecule has 2 aliphatic rings. The van der Waals surface area contributed by atoms with E-state index >= 15 is 0 Å². The Morgan fingerprint density at radius 3 is 2.62 bits per heavy atom. The van der Waals surface area contributed by atoms with Gasteiger partial charge in [0.1, 0.15) is 11.4 Å². The molecule has 1 N–H and O–H groups in total. The van der Waals surface area contributed by atoms with Gasteiger partial charge in [-0.05, 0) is 64.9 Å². The topological polar surface area (TPSA) is 87.4 Å². The first-order valence-corrected chi connectivity index (χ1v) is 9.47. The number of nitrogens with zero attached hydrogens (tertiary/aromatic N) is 4. The van der Waals surface area contributed by atoms with E-state index < -0.39 is 5.91 Å². The van der Waals surface area contributed by atoms with E-state index in [4.69, 9.17) is 4.74 Å². The fourth-order valence-corrected chi connectivity index (χ4v) is 3.48. The van der Waals surface area contributed by atoms with E-state index in [1.54, 1.807) is 37.7 Å². The fraction of sp³-hybridized carbons (Fsp3) is 0.0476. The number of rotatable bonds is 3. The van der Waals surface area contributed by atoms with Crippen LogP contribution in [0, 0.1) is 0 Å². The minimum absolute atomic E-state index is 0.246. The highest BCUT2D eigenvalue weighted by molar-refractivity contribution is 8.18. The third-order valence-corrected chi connectivity index (χ3v) is 5.13. The quantitative estimate of drug-likeness (QED) is 0.830. The van der Waals surface area contributed by atoms with E-state index in [0.717, 1.165) is 32.4 Å². The smallest absolute Gasteiger partial charge is 0.298 e. The second kappa shape index (κ2) is 8.26. The number of ether oxygens (including phenoxy) is 1. The molecule has 0 aliphatic carbocycles. The van der Waals surface area contributed by atoms with Gasteiger partial charge in [0.25, 0.3) is 5.91 Å². The lowest BCUT2D eigenvalue weighted by atomic mass is 10.1. The van der Waals surface area contributed by atoms with Gasteiger partial charge < -0.3 is 4.74 Å². The van der Waals surface area contributed by atoms with Crippen molar-refractivity contribution in [2.45, 2.75) is 0 Å². The molecule has 1 aromatic carbocycles. The van der Waals surface area contributed by atoms with E-state index in [0.29, 0.717) is 5.17 Å². The molecular formula is C21H16N4O3S. The average molecular weight is 404 g/mol. The molecule has 1 amide bonds. The summed E-state index contributed by atoms with van der Waals surface area (Å²) in [4.78, 5) is 25.8. The standard InChI is InChI=1S/C21H16N4O3S/c1-28-17-4-2-14(3-5-17)16-6-9-22-18(12-16)20(26)24-21-23-13-19(29-21)15-7-10-25(27)11-8-15/h2-13,27H,1H3. The van der Waals surface area contributed by atoms with Gasteiger partial charge in [-0.1, -0.05) is 12.1 Å². The molecule has 8 heteroatoms. The van der Waals surface area contributed by atoms with Gasteiger partial charge in [0.2, 0.25) is 0 Å². The minimum atomic E-state index is -0.456. The molecule has 0 radical (unpaired) electrons. The van der Waals surface area contributed by atoms with Crippen molar-refractivity contribution in [1.29, 1.82) is 0 Å². The van der Waals surface area contributed by atoms with Gasteiger partial charge in [0, 0.05) is 29.7 Å². The third-order valence-electron chi connectivity index (χ3n) is 4.19. The van der Waals surface area contributed by atoms with Gasteiger partial charge in [0.15, 0.2) is 5.17 Å². The van der Waals surface area contributed by atoms with Crippen LogP contribution in [0.4, 0.5) is 0 Å². The molecule has 4 rings (SSSR count). The number of amides is 1. The first kappa shape index (κ1) is 18.9. The Bertz CT molecular complexity index is 1090. The Morgan fingerprint density at radius 2 is 1.90 bits per heavy atom. The molecule has 29 heavy (non-hydrogen) atoms. The van der Waals surface area contributed by atoms with Crippen LogP contribution in [0.5, 0.6) is 5.75 Å². The molecule has 0 fully saturated rings. The predicted molar refractivity (Wildman–Crippen MR) is 113 cm³/mol. The van der Waals surface area contributed by atoms with E-state index in [1.165, 1.54) is 24.2 Å². The van der Waals surface area contributed by atoms with Crippen molar-refractivity contribution in [1.82, 2.24) is 10.0 Å². The fourth-order valence-electron chi connectivity index (χ4n) is 2.69. The maximum absolute atomic E-state index is 12.6. The van der Waals surface area contributed by atoms with E-state index in [1.807, 2.05) is 30.3 Å². The Morgan fingerprint density at radius 1 is 1.14 bits per heavy atom. The van der Waals surface area contributed by atoms with Crippen molar-refractivity contribution in [2.24, 2.45) is 9.98 Å². The first-order chi connectivity index (χ1) is 14.1. The highest BCUT2D eigenvalue weighted by Crippen LogP contribution is 2.29. The van der Waals surface area contributed by atoms with Crippen molar-refractivity contribution in [3.05, 3.63) is 83.3 Å². The number of pyridine rings is 1. The number of carbonyl (C=O) groups is 1. The number of hydrogen-bond donors (Lipinski definition) is 1. The summed E-state index contributed by atoms with van der Waals surface area (Å²) in [6.45, 7) is 0. The second-order valence-electron chi connectivity index (χ2n) is 6.05. The maximum Gasteiger partial charge on any atom is 0.298 e. The van der Waals surface area contributed by atoms with Gasteiger partial charge in [-0.2, -0.15) is 4.99 Å². The van der Waals surface area contributed by atoms with Crippen LogP contribution in [0.2, 0.25) is 0 Å². The molecule has 0 saturated heterocycles. The van der Waals surface area contributed by atoms with E-state index in [2.05, 4.69) is 15.0 Å². The summed E-state index contributed by atoms with van der Waals surface area (Å²) in [6, 6.07) is 11.1. The van der Waals surface area contributed by atoms with Crippen LogP contribution in [-0.4, -0.2) is 39.7 Å². The largest absolute Gasteiger partial charge is 0.497 e. The maximum atomic E-state index is 12.6. The molecular weight excluding hydrogens is 388 g/mol. The Hall–Kier alpha value is -3.49. The third kappa shape index (κ3) is 4.34. The number of aliphatic imine (C=N–C) groups is 2. The molecule has 7 nitrogen and oxygen atoms in total. The van der Waals surface area contributed by atoms with Crippen molar-refractivity contribution < 1.29 is 14.7 Å². The summed E-state index contributed by atoms with van der Waals surface area (Å²) in [7, 11) is 1.62. The van der Waals surface area contributed by atoms with E-state index in [9.17, 15) is 10.0 Å². The number of thioether (sulfide) groups is 1. The monoisotopic (exact) mass is 404 g/mol.